The number of rotatable bonds is 5. The van der Waals surface area contributed by atoms with E-state index in [4.69, 9.17) is 0 Å². The number of carbonyl (C=O) groups excluding carboxylic acids is 1. The predicted molar refractivity (Wildman–Crippen MR) is 107 cm³/mol. The van der Waals surface area contributed by atoms with Crippen LogP contribution < -0.4 is 10.0 Å². The van der Waals surface area contributed by atoms with Gasteiger partial charge in [-0.25, -0.2) is 17.2 Å². The molecule has 0 unspecified atom stereocenters. The third-order valence-corrected chi connectivity index (χ3v) is 5.71. The van der Waals surface area contributed by atoms with E-state index in [0.717, 1.165) is 17.7 Å². The van der Waals surface area contributed by atoms with Crippen molar-refractivity contribution in [1.29, 1.82) is 0 Å². The molecule has 0 aliphatic carbocycles. The van der Waals surface area contributed by atoms with Gasteiger partial charge in [-0.2, -0.15) is 0 Å². The van der Waals surface area contributed by atoms with Crippen LogP contribution in [0.3, 0.4) is 0 Å². The van der Waals surface area contributed by atoms with Crippen LogP contribution in [0.1, 0.15) is 21.5 Å². The van der Waals surface area contributed by atoms with E-state index in [1.54, 1.807) is 26.0 Å². The van der Waals surface area contributed by atoms with Crippen LogP contribution in [0.15, 0.2) is 65.6 Å². The zero-order valence-electron chi connectivity index (χ0n) is 15.7. The average molecular weight is 416 g/mol. The summed E-state index contributed by atoms with van der Waals surface area (Å²) in [5.74, 6) is -2.70. The molecule has 0 aromatic heterocycles. The minimum absolute atomic E-state index is 0.0790. The maximum absolute atomic E-state index is 13.3. The first-order chi connectivity index (χ1) is 13.7. The highest BCUT2D eigenvalue weighted by Gasteiger charge is 2.18. The van der Waals surface area contributed by atoms with Crippen LogP contribution in [0.5, 0.6) is 0 Å². The largest absolute Gasteiger partial charge is 0.322 e. The topological polar surface area (TPSA) is 75.3 Å². The van der Waals surface area contributed by atoms with Crippen molar-refractivity contribution in [3.05, 3.63) is 89.0 Å². The van der Waals surface area contributed by atoms with Gasteiger partial charge in [-0.15, -0.1) is 0 Å². The van der Waals surface area contributed by atoms with Crippen molar-refractivity contribution < 1.29 is 22.0 Å². The Labute approximate surface area is 167 Å². The second-order valence-corrected chi connectivity index (χ2v) is 8.19. The molecule has 150 valence electrons. The Morgan fingerprint density at radius 3 is 2.34 bits per heavy atom. The Kier molecular flexibility index (Phi) is 5.65. The van der Waals surface area contributed by atoms with E-state index in [2.05, 4.69) is 10.0 Å². The molecular formula is C21H18F2N2O3S. The van der Waals surface area contributed by atoms with E-state index < -0.39 is 27.6 Å². The third-order valence-electron chi connectivity index (χ3n) is 4.19. The summed E-state index contributed by atoms with van der Waals surface area (Å²) in [5, 5.41) is 2.44. The quantitative estimate of drug-likeness (QED) is 0.637. The zero-order valence-corrected chi connectivity index (χ0v) is 16.5. The summed E-state index contributed by atoms with van der Waals surface area (Å²) in [6.45, 7) is 3.49. The van der Waals surface area contributed by atoms with Crippen LogP contribution in [0.2, 0.25) is 0 Å². The first kappa shape index (κ1) is 20.5. The minimum atomic E-state index is -3.85. The van der Waals surface area contributed by atoms with Gasteiger partial charge in [0, 0.05) is 23.0 Å². The van der Waals surface area contributed by atoms with Crippen LogP contribution in [0.25, 0.3) is 0 Å². The molecule has 5 nitrogen and oxygen atoms in total. The van der Waals surface area contributed by atoms with Crippen molar-refractivity contribution in [3.63, 3.8) is 0 Å². The SMILES string of the molecule is Cc1ccc(C)c(S(=O)(=O)Nc2cccc(C(=O)Nc3ccc(F)c(F)c3)c2)c1. The van der Waals surface area contributed by atoms with Gasteiger partial charge >= 0.3 is 0 Å². The number of sulfonamides is 1. The van der Waals surface area contributed by atoms with Crippen LogP contribution in [-0.2, 0) is 10.0 Å². The lowest BCUT2D eigenvalue weighted by atomic mass is 10.2. The fraction of sp³-hybridized carbons (Fsp3) is 0.0952. The number of nitrogens with one attached hydrogen (secondary N) is 2. The summed E-state index contributed by atoms with van der Waals surface area (Å²) in [4.78, 5) is 12.5. The number of hydrogen-bond acceptors (Lipinski definition) is 3. The van der Waals surface area contributed by atoms with E-state index in [9.17, 15) is 22.0 Å². The summed E-state index contributed by atoms with van der Waals surface area (Å²) in [6, 6.07) is 14.0. The molecule has 0 aliphatic heterocycles. The van der Waals surface area contributed by atoms with Crippen molar-refractivity contribution in [2.24, 2.45) is 0 Å². The highest BCUT2D eigenvalue weighted by molar-refractivity contribution is 7.92. The lowest BCUT2D eigenvalue weighted by Gasteiger charge is -2.12. The van der Waals surface area contributed by atoms with Gasteiger partial charge in [-0.3, -0.25) is 9.52 Å². The molecule has 3 rings (SSSR count). The minimum Gasteiger partial charge on any atom is -0.322 e. The molecule has 0 heterocycles. The molecule has 0 saturated heterocycles. The average Bonchev–Trinajstić information content (AvgIpc) is 2.66. The van der Waals surface area contributed by atoms with Crippen LogP contribution in [0, 0.1) is 25.5 Å². The van der Waals surface area contributed by atoms with E-state index in [-0.39, 0.29) is 21.8 Å². The van der Waals surface area contributed by atoms with E-state index in [0.29, 0.717) is 5.56 Å². The maximum Gasteiger partial charge on any atom is 0.262 e. The number of hydrogen-bond donors (Lipinski definition) is 2. The van der Waals surface area contributed by atoms with Gasteiger partial charge in [0.1, 0.15) is 0 Å². The molecule has 3 aromatic carbocycles. The summed E-state index contributed by atoms with van der Waals surface area (Å²) in [7, 11) is -3.85. The number of carbonyl (C=O) groups is 1. The van der Waals surface area contributed by atoms with Crippen molar-refractivity contribution in [3.8, 4) is 0 Å². The molecule has 8 heteroatoms. The van der Waals surface area contributed by atoms with E-state index in [1.807, 2.05) is 6.07 Å². The molecule has 0 saturated carbocycles. The van der Waals surface area contributed by atoms with Gasteiger partial charge < -0.3 is 5.32 Å². The first-order valence-corrected chi connectivity index (χ1v) is 10.1. The van der Waals surface area contributed by atoms with Crippen LogP contribution in [0.4, 0.5) is 20.2 Å². The first-order valence-electron chi connectivity index (χ1n) is 8.62. The van der Waals surface area contributed by atoms with Crippen LogP contribution in [-0.4, -0.2) is 14.3 Å². The predicted octanol–water partition coefficient (Wildman–Crippen LogP) is 4.63. The van der Waals surface area contributed by atoms with Crippen molar-refractivity contribution in [1.82, 2.24) is 0 Å². The highest BCUT2D eigenvalue weighted by atomic mass is 32.2. The highest BCUT2D eigenvalue weighted by Crippen LogP contribution is 2.22. The summed E-state index contributed by atoms with van der Waals surface area (Å²) in [6.07, 6.45) is 0. The molecule has 0 spiro atoms. The molecular weight excluding hydrogens is 398 g/mol. The Morgan fingerprint density at radius 2 is 1.62 bits per heavy atom. The summed E-state index contributed by atoms with van der Waals surface area (Å²) >= 11 is 0. The van der Waals surface area contributed by atoms with Gasteiger partial charge in [-0.05, 0) is 61.4 Å². The van der Waals surface area contributed by atoms with E-state index in [1.165, 1.54) is 30.3 Å². The Morgan fingerprint density at radius 1 is 0.862 bits per heavy atom. The Hall–Kier alpha value is -3.26. The van der Waals surface area contributed by atoms with Gasteiger partial charge in [-0.1, -0.05) is 18.2 Å². The molecule has 0 bridgehead atoms. The van der Waals surface area contributed by atoms with Crippen molar-refractivity contribution >= 4 is 27.3 Å². The number of halogens is 2. The summed E-state index contributed by atoms with van der Waals surface area (Å²) in [5.41, 5.74) is 1.82. The van der Waals surface area contributed by atoms with Crippen LogP contribution >= 0.6 is 0 Å². The molecule has 0 aliphatic rings. The Bertz CT molecular complexity index is 1190. The van der Waals surface area contributed by atoms with E-state index >= 15 is 0 Å². The fourth-order valence-corrected chi connectivity index (χ4v) is 4.09. The van der Waals surface area contributed by atoms with Gasteiger partial charge in [0.25, 0.3) is 15.9 Å². The summed E-state index contributed by atoms with van der Waals surface area (Å²) < 4.78 is 54.2. The molecule has 1 amide bonds. The van der Waals surface area contributed by atoms with Gasteiger partial charge in [0.05, 0.1) is 4.90 Å². The number of benzene rings is 3. The van der Waals surface area contributed by atoms with Crippen molar-refractivity contribution in [2.75, 3.05) is 10.0 Å². The molecule has 29 heavy (non-hydrogen) atoms. The fourth-order valence-electron chi connectivity index (χ4n) is 2.71. The molecule has 2 N–H and O–H groups in total. The zero-order chi connectivity index (χ0) is 21.2. The molecule has 3 aromatic rings. The lowest BCUT2D eigenvalue weighted by Crippen LogP contribution is -2.16. The standard InChI is InChI=1S/C21H18F2N2O3S/c1-13-6-7-14(2)20(10-13)29(27,28)25-17-5-3-4-15(11-17)21(26)24-16-8-9-18(22)19(23)12-16/h3-12,25H,1-2H3,(H,24,26). The van der Waals surface area contributed by atoms with Gasteiger partial charge in [0.15, 0.2) is 11.6 Å². The van der Waals surface area contributed by atoms with Gasteiger partial charge in [0.2, 0.25) is 0 Å². The second-order valence-electron chi connectivity index (χ2n) is 6.54. The lowest BCUT2D eigenvalue weighted by molar-refractivity contribution is 0.102. The molecule has 0 atom stereocenters. The van der Waals surface area contributed by atoms with Crippen molar-refractivity contribution in [2.45, 2.75) is 18.7 Å². The normalized spacial score (nSPS) is 11.2. The molecule has 0 fully saturated rings. The number of amides is 1. The third kappa shape index (κ3) is 4.78. The Balaban J connectivity index is 1.82. The molecule has 0 radical (unpaired) electrons. The monoisotopic (exact) mass is 416 g/mol. The number of anilines is 2. The maximum atomic E-state index is 13.3. The second kappa shape index (κ2) is 8.00. The number of aryl methyl sites for hydroxylation is 2. The smallest absolute Gasteiger partial charge is 0.262 e.